The van der Waals surface area contributed by atoms with E-state index in [1.807, 2.05) is 0 Å². The van der Waals surface area contributed by atoms with Gasteiger partial charge in [0.05, 0.1) is 5.41 Å². The van der Waals surface area contributed by atoms with Crippen LogP contribution in [0.4, 0.5) is 0 Å². The van der Waals surface area contributed by atoms with Crippen LogP contribution in [0.15, 0.2) is 0 Å². The molecule has 0 atom stereocenters. The molecule has 0 bridgehead atoms. The summed E-state index contributed by atoms with van der Waals surface area (Å²) >= 11 is 0. The van der Waals surface area contributed by atoms with E-state index < -0.39 is 11.4 Å². The van der Waals surface area contributed by atoms with Crippen molar-refractivity contribution in [3.8, 4) is 0 Å². The number of hydrogen-bond acceptors (Lipinski definition) is 2. The Morgan fingerprint density at radius 1 is 1.78 bits per heavy atom. The normalized spacial score (nSPS) is 41.8. The third-order valence-corrected chi connectivity index (χ3v) is 1.94. The molecule has 0 saturated heterocycles. The van der Waals surface area contributed by atoms with Crippen LogP contribution in [0, 0.1) is 5.41 Å². The monoisotopic (exact) mass is 129 g/mol. The van der Waals surface area contributed by atoms with Crippen LogP contribution in [-0.4, -0.2) is 17.1 Å². The zero-order chi connectivity index (χ0) is 7.07. The second-order valence-corrected chi connectivity index (χ2v) is 3.03. The number of carbonyl (C=O) groups is 1. The second kappa shape index (κ2) is 1.70. The van der Waals surface area contributed by atoms with Crippen molar-refractivity contribution in [2.75, 3.05) is 0 Å². The number of hydrogen-bond donors (Lipinski definition) is 2. The lowest BCUT2D eigenvalue weighted by atomic mass is 9.67. The van der Waals surface area contributed by atoms with Crippen LogP contribution < -0.4 is 5.73 Å². The number of rotatable bonds is 1. The highest BCUT2D eigenvalue weighted by Gasteiger charge is 2.44. The van der Waals surface area contributed by atoms with E-state index in [0.29, 0.717) is 12.8 Å². The van der Waals surface area contributed by atoms with Crippen molar-refractivity contribution in [2.24, 2.45) is 11.1 Å². The van der Waals surface area contributed by atoms with Crippen LogP contribution in [0.5, 0.6) is 0 Å². The minimum Gasteiger partial charge on any atom is -0.481 e. The summed E-state index contributed by atoms with van der Waals surface area (Å²) in [6.45, 7) is 1.73. The average molecular weight is 129 g/mol. The van der Waals surface area contributed by atoms with Gasteiger partial charge in [0.25, 0.3) is 0 Å². The van der Waals surface area contributed by atoms with Gasteiger partial charge in [0.1, 0.15) is 0 Å². The Balaban J connectivity index is 2.50. The topological polar surface area (TPSA) is 63.3 Å². The van der Waals surface area contributed by atoms with Gasteiger partial charge in [0.2, 0.25) is 0 Å². The summed E-state index contributed by atoms with van der Waals surface area (Å²) in [7, 11) is 0. The first kappa shape index (κ1) is 6.55. The molecular weight excluding hydrogens is 118 g/mol. The fourth-order valence-corrected chi connectivity index (χ4v) is 1.27. The Hall–Kier alpha value is -0.570. The van der Waals surface area contributed by atoms with E-state index in [4.69, 9.17) is 10.8 Å². The van der Waals surface area contributed by atoms with E-state index in [2.05, 4.69) is 0 Å². The zero-order valence-electron chi connectivity index (χ0n) is 5.42. The summed E-state index contributed by atoms with van der Waals surface area (Å²) in [6, 6.07) is 0.117. The van der Waals surface area contributed by atoms with Crippen molar-refractivity contribution in [1.29, 1.82) is 0 Å². The fraction of sp³-hybridized carbons (Fsp3) is 0.833. The van der Waals surface area contributed by atoms with Crippen molar-refractivity contribution < 1.29 is 9.90 Å². The highest BCUT2D eigenvalue weighted by Crippen LogP contribution is 2.39. The lowest BCUT2D eigenvalue weighted by Gasteiger charge is -2.39. The van der Waals surface area contributed by atoms with Crippen LogP contribution in [0.25, 0.3) is 0 Å². The number of carboxylic acid groups (broad SMARTS) is 1. The molecule has 52 valence electrons. The van der Waals surface area contributed by atoms with Crippen molar-refractivity contribution in [2.45, 2.75) is 25.8 Å². The Morgan fingerprint density at radius 2 is 2.22 bits per heavy atom. The predicted molar refractivity (Wildman–Crippen MR) is 33.0 cm³/mol. The average Bonchev–Trinajstić information content (AvgIpc) is 1.62. The van der Waals surface area contributed by atoms with Crippen molar-refractivity contribution in [3.05, 3.63) is 0 Å². The molecule has 1 aliphatic rings. The molecule has 3 nitrogen and oxygen atoms in total. The zero-order valence-corrected chi connectivity index (χ0v) is 5.42. The first-order valence-electron chi connectivity index (χ1n) is 3.03. The number of aliphatic carboxylic acids is 1. The summed E-state index contributed by atoms with van der Waals surface area (Å²) in [4.78, 5) is 10.4. The summed E-state index contributed by atoms with van der Waals surface area (Å²) in [5.41, 5.74) is 4.91. The molecule has 9 heavy (non-hydrogen) atoms. The molecule has 0 aliphatic heterocycles. The summed E-state index contributed by atoms with van der Waals surface area (Å²) in [5, 5.41) is 8.55. The molecule has 1 aliphatic carbocycles. The Morgan fingerprint density at radius 3 is 2.33 bits per heavy atom. The molecule has 3 heteroatoms. The molecule has 0 unspecified atom stereocenters. The largest absolute Gasteiger partial charge is 0.481 e. The highest BCUT2D eigenvalue weighted by atomic mass is 16.4. The molecular formula is C6H11NO2. The molecule has 1 saturated carbocycles. The SMILES string of the molecule is CC1(C(=O)O)CC(N)C1. The third-order valence-electron chi connectivity index (χ3n) is 1.94. The van der Waals surface area contributed by atoms with Crippen LogP contribution >= 0.6 is 0 Å². The first-order valence-corrected chi connectivity index (χ1v) is 3.03. The molecule has 1 fully saturated rings. The first-order chi connectivity index (χ1) is 4.04. The van der Waals surface area contributed by atoms with Gasteiger partial charge in [-0.1, -0.05) is 0 Å². The van der Waals surface area contributed by atoms with E-state index in [9.17, 15) is 4.79 Å². The van der Waals surface area contributed by atoms with Crippen LogP contribution in [0.3, 0.4) is 0 Å². The lowest BCUT2D eigenvalue weighted by molar-refractivity contribution is -0.153. The summed E-state index contributed by atoms with van der Waals surface area (Å²) in [6.07, 6.45) is 1.25. The van der Waals surface area contributed by atoms with E-state index in [1.165, 1.54) is 0 Å². The molecule has 0 aromatic heterocycles. The molecule has 0 radical (unpaired) electrons. The van der Waals surface area contributed by atoms with Crippen LogP contribution in [0.2, 0.25) is 0 Å². The molecule has 0 heterocycles. The van der Waals surface area contributed by atoms with Crippen molar-refractivity contribution in [3.63, 3.8) is 0 Å². The second-order valence-electron chi connectivity index (χ2n) is 3.03. The van der Waals surface area contributed by atoms with Gasteiger partial charge in [-0.15, -0.1) is 0 Å². The van der Waals surface area contributed by atoms with Gasteiger partial charge in [-0.2, -0.15) is 0 Å². The molecule has 0 aromatic rings. The van der Waals surface area contributed by atoms with Crippen molar-refractivity contribution >= 4 is 5.97 Å². The standard InChI is InChI=1S/C6H11NO2/c1-6(5(8)9)2-4(7)3-6/h4H,2-3,7H2,1H3,(H,8,9). The van der Waals surface area contributed by atoms with Crippen molar-refractivity contribution in [1.82, 2.24) is 0 Å². The predicted octanol–water partition coefficient (Wildman–Crippen LogP) is 0.198. The highest BCUT2D eigenvalue weighted by molar-refractivity contribution is 5.75. The minimum absolute atomic E-state index is 0.117. The smallest absolute Gasteiger partial charge is 0.309 e. The minimum atomic E-state index is -0.718. The summed E-state index contributed by atoms with van der Waals surface area (Å²) < 4.78 is 0. The van der Waals surface area contributed by atoms with E-state index in [0.717, 1.165) is 0 Å². The Labute approximate surface area is 53.9 Å². The van der Waals surface area contributed by atoms with Gasteiger partial charge in [-0.05, 0) is 19.8 Å². The van der Waals surface area contributed by atoms with Gasteiger partial charge >= 0.3 is 5.97 Å². The molecule has 0 aromatic carbocycles. The maximum Gasteiger partial charge on any atom is 0.309 e. The quantitative estimate of drug-likeness (QED) is 0.531. The fourth-order valence-electron chi connectivity index (χ4n) is 1.27. The molecule has 0 amide bonds. The van der Waals surface area contributed by atoms with E-state index in [1.54, 1.807) is 6.92 Å². The summed E-state index contributed by atoms with van der Waals surface area (Å²) in [5.74, 6) is -0.718. The van der Waals surface area contributed by atoms with Crippen LogP contribution in [-0.2, 0) is 4.79 Å². The maximum absolute atomic E-state index is 10.4. The molecule has 1 rings (SSSR count). The third kappa shape index (κ3) is 0.920. The number of nitrogens with two attached hydrogens (primary N) is 1. The van der Waals surface area contributed by atoms with Crippen LogP contribution in [0.1, 0.15) is 19.8 Å². The Bertz CT molecular complexity index is 138. The number of carboxylic acids is 1. The van der Waals surface area contributed by atoms with Gasteiger partial charge in [0.15, 0.2) is 0 Å². The van der Waals surface area contributed by atoms with E-state index >= 15 is 0 Å². The van der Waals surface area contributed by atoms with Gasteiger partial charge in [-0.25, -0.2) is 0 Å². The Kier molecular flexibility index (Phi) is 1.24. The van der Waals surface area contributed by atoms with Gasteiger partial charge < -0.3 is 10.8 Å². The molecule has 3 N–H and O–H groups in total. The van der Waals surface area contributed by atoms with E-state index in [-0.39, 0.29) is 6.04 Å². The molecule has 0 spiro atoms. The lowest BCUT2D eigenvalue weighted by Crippen LogP contribution is -2.48. The van der Waals surface area contributed by atoms with Gasteiger partial charge in [0, 0.05) is 6.04 Å². The maximum atomic E-state index is 10.4. The van der Waals surface area contributed by atoms with Gasteiger partial charge in [-0.3, -0.25) is 4.79 Å².